The van der Waals surface area contributed by atoms with Crippen LogP contribution in [0.2, 0.25) is 0 Å². The van der Waals surface area contributed by atoms with Crippen molar-refractivity contribution in [3.63, 3.8) is 0 Å². The first-order valence-corrected chi connectivity index (χ1v) is 3.13. The lowest BCUT2D eigenvalue weighted by atomic mass is 10.7. The fourth-order valence-corrected chi connectivity index (χ4v) is 0.419. The third kappa shape index (κ3) is 7.39. The van der Waals surface area contributed by atoms with Gasteiger partial charge in [-0.3, -0.25) is 10.1 Å². The van der Waals surface area contributed by atoms with Crippen LogP contribution in [0.3, 0.4) is 0 Å². The van der Waals surface area contributed by atoms with Gasteiger partial charge >= 0.3 is 5.97 Å². The maximum atomic E-state index is 10.2. The average Bonchev–Trinajstić information content (AvgIpc) is 1.87. The van der Waals surface area contributed by atoms with E-state index in [4.69, 9.17) is 4.74 Å². The van der Waals surface area contributed by atoms with Crippen LogP contribution in [0.1, 0.15) is 6.92 Å². The number of hydrogen-bond donors (Lipinski definition) is 1. The van der Waals surface area contributed by atoms with Crippen LogP contribution in [-0.2, 0) is 14.3 Å². The second-order valence-electron chi connectivity index (χ2n) is 1.75. The molecule has 0 aliphatic heterocycles. The molecule has 0 fully saturated rings. The van der Waals surface area contributed by atoms with Crippen LogP contribution in [0.25, 0.3) is 0 Å². The minimum atomic E-state index is -0.270. The first-order valence-electron chi connectivity index (χ1n) is 3.13. The Morgan fingerprint density at radius 2 is 2.20 bits per heavy atom. The van der Waals surface area contributed by atoms with E-state index in [2.05, 4.69) is 10.1 Å². The predicted octanol–water partition coefficient (Wildman–Crippen LogP) is -0.257. The highest BCUT2D eigenvalue weighted by atomic mass is 16.6. The smallest absolute Gasteiger partial charge is 0.302 e. The Morgan fingerprint density at radius 1 is 1.50 bits per heavy atom. The van der Waals surface area contributed by atoms with E-state index in [1.165, 1.54) is 6.92 Å². The van der Waals surface area contributed by atoms with Crippen LogP contribution in [0.4, 0.5) is 0 Å². The van der Waals surface area contributed by atoms with E-state index in [1.807, 2.05) is 0 Å². The molecular weight excluding hydrogens is 134 g/mol. The quantitative estimate of drug-likeness (QED) is 0.331. The normalized spacial score (nSPS) is 9.40. The van der Waals surface area contributed by atoms with Crippen LogP contribution in [0.5, 0.6) is 0 Å². The van der Waals surface area contributed by atoms with Crippen molar-refractivity contribution in [1.82, 2.24) is 5.32 Å². The molecule has 4 nitrogen and oxygen atoms in total. The monoisotopic (exact) mass is 147 g/mol. The van der Waals surface area contributed by atoms with E-state index in [9.17, 15) is 4.79 Å². The second-order valence-corrected chi connectivity index (χ2v) is 1.75. The molecule has 1 N–H and O–H groups in total. The van der Waals surface area contributed by atoms with Crippen LogP contribution in [0.15, 0.2) is 0 Å². The zero-order chi connectivity index (χ0) is 7.82. The average molecular weight is 147 g/mol. The van der Waals surface area contributed by atoms with Gasteiger partial charge in [-0.15, -0.1) is 0 Å². The molecule has 0 unspecified atom stereocenters. The van der Waals surface area contributed by atoms with Crippen LogP contribution < -0.4 is 5.32 Å². The van der Waals surface area contributed by atoms with Crippen molar-refractivity contribution in [2.75, 3.05) is 27.0 Å². The Labute approximate surface area is 60.5 Å². The fourth-order valence-electron chi connectivity index (χ4n) is 0.419. The van der Waals surface area contributed by atoms with E-state index in [1.54, 1.807) is 7.05 Å². The molecule has 0 spiro atoms. The maximum absolute atomic E-state index is 10.2. The lowest BCUT2D eigenvalue weighted by molar-refractivity contribution is -0.142. The summed E-state index contributed by atoms with van der Waals surface area (Å²) < 4.78 is 9.54. The first-order chi connectivity index (χ1) is 4.77. The highest BCUT2D eigenvalue weighted by molar-refractivity contribution is 5.65. The fraction of sp³-hybridized carbons (Fsp3) is 0.833. The van der Waals surface area contributed by atoms with Gasteiger partial charge in [0.1, 0.15) is 6.61 Å². The molecule has 4 heteroatoms. The summed E-state index contributed by atoms with van der Waals surface area (Å²) in [5.41, 5.74) is 0. The number of carbonyl (C=O) groups excluding carboxylic acids is 1. The van der Waals surface area contributed by atoms with Gasteiger partial charge in [0.05, 0.1) is 13.3 Å². The number of hydrogen-bond acceptors (Lipinski definition) is 4. The van der Waals surface area contributed by atoms with E-state index >= 15 is 0 Å². The summed E-state index contributed by atoms with van der Waals surface area (Å²) in [5, 5.41) is 2.79. The van der Waals surface area contributed by atoms with Gasteiger partial charge in [0.15, 0.2) is 0 Å². The molecule has 0 atom stereocenters. The highest BCUT2D eigenvalue weighted by Crippen LogP contribution is 1.76. The number of rotatable bonds is 5. The Kier molecular flexibility index (Phi) is 6.11. The zero-order valence-corrected chi connectivity index (χ0v) is 6.35. The Balaban J connectivity index is 2.84. The molecule has 0 aliphatic rings. The predicted molar refractivity (Wildman–Crippen MR) is 36.5 cm³/mol. The summed E-state index contributed by atoms with van der Waals surface area (Å²) in [6.07, 6.45) is 0. The van der Waals surface area contributed by atoms with Gasteiger partial charge in [0.25, 0.3) is 0 Å². The van der Waals surface area contributed by atoms with Crippen LogP contribution in [-0.4, -0.2) is 33.0 Å². The van der Waals surface area contributed by atoms with E-state index < -0.39 is 0 Å². The Hall–Kier alpha value is -0.610. The molecule has 0 aromatic carbocycles. The number of esters is 1. The summed E-state index contributed by atoms with van der Waals surface area (Å²) in [6.45, 7) is 2.64. The molecule has 0 aromatic heterocycles. The van der Waals surface area contributed by atoms with Crippen molar-refractivity contribution in [2.24, 2.45) is 0 Å². The van der Waals surface area contributed by atoms with Crippen molar-refractivity contribution >= 4 is 5.97 Å². The molecule has 0 saturated carbocycles. The van der Waals surface area contributed by atoms with Gasteiger partial charge in [-0.05, 0) is 7.05 Å². The molecule has 0 aliphatic carbocycles. The Bertz CT molecular complexity index is 95.0. The SMILES string of the molecule is CNCOCCOC(C)=O. The summed E-state index contributed by atoms with van der Waals surface area (Å²) in [6, 6.07) is 0. The largest absolute Gasteiger partial charge is 0.463 e. The standard InChI is InChI=1S/C6H13NO3/c1-6(8)10-4-3-9-5-7-2/h7H,3-5H2,1-2H3. The topological polar surface area (TPSA) is 47.6 Å². The first kappa shape index (κ1) is 9.39. The third-order valence-electron chi connectivity index (χ3n) is 0.779. The highest BCUT2D eigenvalue weighted by Gasteiger charge is 1.90. The third-order valence-corrected chi connectivity index (χ3v) is 0.779. The molecule has 0 amide bonds. The molecule has 60 valence electrons. The lowest BCUT2D eigenvalue weighted by Crippen LogP contribution is -2.15. The Morgan fingerprint density at radius 3 is 2.70 bits per heavy atom. The minimum absolute atomic E-state index is 0.270. The van der Waals surface area contributed by atoms with Crippen molar-refractivity contribution < 1.29 is 14.3 Å². The summed E-state index contributed by atoms with van der Waals surface area (Å²) in [4.78, 5) is 10.2. The second kappa shape index (κ2) is 6.51. The van der Waals surface area contributed by atoms with Crippen molar-refractivity contribution in [2.45, 2.75) is 6.92 Å². The molecule has 0 saturated heterocycles. The van der Waals surface area contributed by atoms with Crippen LogP contribution in [0, 0.1) is 0 Å². The van der Waals surface area contributed by atoms with E-state index in [-0.39, 0.29) is 5.97 Å². The van der Waals surface area contributed by atoms with Crippen LogP contribution >= 0.6 is 0 Å². The molecule has 0 rings (SSSR count). The van der Waals surface area contributed by atoms with Gasteiger partial charge in [-0.2, -0.15) is 0 Å². The van der Waals surface area contributed by atoms with Crippen molar-refractivity contribution in [3.8, 4) is 0 Å². The molecule has 0 heterocycles. The van der Waals surface area contributed by atoms with Gasteiger partial charge in [-0.1, -0.05) is 0 Å². The molecule has 0 bridgehead atoms. The molecule has 0 radical (unpaired) electrons. The van der Waals surface area contributed by atoms with Crippen molar-refractivity contribution in [3.05, 3.63) is 0 Å². The summed E-state index contributed by atoms with van der Waals surface area (Å²) in [7, 11) is 1.78. The summed E-state index contributed by atoms with van der Waals surface area (Å²) >= 11 is 0. The van der Waals surface area contributed by atoms with Gasteiger partial charge in [0.2, 0.25) is 0 Å². The zero-order valence-electron chi connectivity index (χ0n) is 6.35. The molecular formula is C6H13NO3. The van der Waals surface area contributed by atoms with Gasteiger partial charge in [-0.25, -0.2) is 0 Å². The summed E-state index contributed by atoms with van der Waals surface area (Å²) in [5.74, 6) is -0.270. The number of nitrogens with one attached hydrogen (secondary N) is 1. The molecule has 0 aromatic rings. The van der Waals surface area contributed by atoms with Crippen molar-refractivity contribution in [1.29, 1.82) is 0 Å². The van der Waals surface area contributed by atoms with E-state index in [0.717, 1.165) is 0 Å². The number of carbonyl (C=O) groups is 1. The van der Waals surface area contributed by atoms with Gasteiger partial charge < -0.3 is 9.47 Å². The maximum Gasteiger partial charge on any atom is 0.302 e. The lowest BCUT2D eigenvalue weighted by Gasteiger charge is -2.02. The number of ether oxygens (including phenoxy) is 2. The van der Waals surface area contributed by atoms with E-state index in [0.29, 0.717) is 19.9 Å². The minimum Gasteiger partial charge on any atom is -0.463 e. The molecule has 10 heavy (non-hydrogen) atoms. The van der Waals surface area contributed by atoms with Gasteiger partial charge in [0, 0.05) is 6.92 Å².